The third-order valence-corrected chi connectivity index (χ3v) is 6.48. The Balaban J connectivity index is 1.69. The summed E-state index contributed by atoms with van der Waals surface area (Å²) < 4.78 is 10.9. The maximum absolute atomic E-state index is 13.3. The minimum atomic E-state index is -0.771. The molecule has 6 nitrogen and oxygen atoms in total. The minimum Gasteiger partial charge on any atom is -0.503 e. The molecular weight excluding hydrogens is 442 g/mol. The fraction of sp³-hybridized carbons (Fsp3) is 0.346. The topological polar surface area (TPSA) is 85.2 Å². The minimum absolute atomic E-state index is 0.0252. The highest BCUT2D eigenvalue weighted by atomic mass is 35.5. The number of methoxy groups -OCH3 is 1. The molecule has 172 valence electrons. The van der Waals surface area contributed by atoms with E-state index in [2.05, 4.69) is 4.99 Å². The summed E-state index contributed by atoms with van der Waals surface area (Å²) in [6, 6.07) is 13.0. The van der Waals surface area contributed by atoms with Crippen molar-refractivity contribution in [3.8, 4) is 11.5 Å². The number of nitrogens with zero attached hydrogens (tertiary/aromatic N) is 1. The molecule has 2 unspecified atom stereocenters. The van der Waals surface area contributed by atoms with Gasteiger partial charge in [0, 0.05) is 35.7 Å². The number of ether oxygens (including phenoxy) is 2. The van der Waals surface area contributed by atoms with Crippen molar-refractivity contribution in [1.29, 1.82) is 0 Å². The Kier molecular flexibility index (Phi) is 6.84. The fourth-order valence-electron chi connectivity index (χ4n) is 4.60. The molecule has 1 N–H and O–H groups in total. The van der Waals surface area contributed by atoms with Crippen LogP contribution in [0.3, 0.4) is 0 Å². The second kappa shape index (κ2) is 9.79. The average Bonchev–Trinajstić information content (AvgIpc) is 2.80. The second-order valence-electron chi connectivity index (χ2n) is 8.30. The largest absolute Gasteiger partial charge is 0.503 e. The van der Waals surface area contributed by atoms with E-state index in [1.54, 1.807) is 19.1 Å². The van der Waals surface area contributed by atoms with E-state index in [9.17, 15) is 14.7 Å². The van der Waals surface area contributed by atoms with Crippen molar-refractivity contribution in [1.82, 2.24) is 0 Å². The SMILES string of the molecule is COc1cc(C2C3=C(CCCC3=O)N=C(C)C2C(=O)OCCc2ccccc2)cc(Cl)c1O. The number of aliphatic imine (C=N–C) groups is 1. The summed E-state index contributed by atoms with van der Waals surface area (Å²) >= 11 is 6.27. The molecular formula is C26H26ClNO5. The summed E-state index contributed by atoms with van der Waals surface area (Å²) in [6.45, 7) is 2.01. The van der Waals surface area contributed by atoms with Crippen LogP contribution in [0.1, 0.15) is 43.2 Å². The molecule has 4 rings (SSSR count). The molecule has 0 radical (unpaired) electrons. The highest BCUT2D eigenvalue weighted by molar-refractivity contribution is 6.32. The van der Waals surface area contributed by atoms with Crippen LogP contribution >= 0.6 is 11.6 Å². The molecule has 2 aliphatic rings. The predicted octanol–water partition coefficient (Wildman–Crippen LogP) is 5.02. The number of ketones is 1. The molecule has 0 saturated heterocycles. The number of aromatic hydroxyl groups is 1. The lowest BCUT2D eigenvalue weighted by Crippen LogP contribution is -2.37. The molecule has 7 heteroatoms. The fourth-order valence-corrected chi connectivity index (χ4v) is 4.82. The average molecular weight is 468 g/mol. The van der Waals surface area contributed by atoms with E-state index >= 15 is 0 Å². The molecule has 2 atom stereocenters. The predicted molar refractivity (Wildman–Crippen MR) is 126 cm³/mol. The van der Waals surface area contributed by atoms with Gasteiger partial charge in [-0.2, -0.15) is 0 Å². The van der Waals surface area contributed by atoms with Crippen LogP contribution in [-0.4, -0.2) is 36.3 Å². The lowest BCUT2D eigenvalue weighted by molar-refractivity contribution is -0.146. The summed E-state index contributed by atoms with van der Waals surface area (Å²) in [5, 5.41) is 10.3. The van der Waals surface area contributed by atoms with Crippen LogP contribution in [0.5, 0.6) is 11.5 Å². The normalized spacial score (nSPS) is 20.2. The first kappa shape index (κ1) is 23.1. The van der Waals surface area contributed by atoms with Gasteiger partial charge in [-0.05, 0) is 43.0 Å². The van der Waals surface area contributed by atoms with Gasteiger partial charge in [-0.15, -0.1) is 0 Å². The first-order valence-corrected chi connectivity index (χ1v) is 11.4. The Labute approximate surface area is 197 Å². The molecule has 2 aromatic rings. The van der Waals surface area contributed by atoms with E-state index in [4.69, 9.17) is 21.1 Å². The molecule has 2 aromatic carbocycles. The molecule has 1 aliphatic carbocycles. The zero-order valence-electron chi connectivity index (χ0n) is 18.6. The van der Waals surface area contributed by atoms with Gasteiger partial charge in [0.05, 0.1) is 18.7 Å². The van der Waals surface area contributed by atoms with Crippen LogP contribution in [0.15, 0.2) is 58.7 Å². The van der Waals surface area contributed by atoms with Crippen molar-refractivity contribution >= 4 is 29.1 Å². The summed E-state index contributed by atoms with van der Waals surface area (Å²) in [5.74, 6) is -1.85. The van der Waals surface area contributed by atoms with E-state index in [1.165, 1.54) is 7.11 Å². The van der Waals surface area contributed by atoms with E-state index in [0.29, 0.717) is 41.8 Å². The lowest BCUT2D eigenvalue weighted by atomic mass is 9.71. The summed E-state index contributed by atoms with van der Waals surface area (Å²) in [6.07, 6.45) is 2.40. The summed E-state index contributed by atoms with van der Waals surface area (Å²) in [5.41, 5.74) is 3.52. The van der Waals surface area contributed by atoms with Crippen molar-refractivity contribution in [2.45, 2.75) is 38.5 Å². The highest BCUT2D eigenvalue weighted by Gasteiger charge is 2.43. The maximum Gasteiger partial charge on any atom is 0.315 e. The van der Waals surface area contributed by atoms with Crippen molar-refractivity contribution < 1.29 is 24.2 Å². The monoisotopic (exact) mass is 467 g/mol. The number of hydrogen-bond acceptors (Lipinski definition) is 6. The molecule has 1 aliphatic heterocycles. The lowest BCUT2D eigenvalue weighted by Gasteiger charge is -2.34. The molecule has 0 saturated carbocycles. The number of rotatable bonds is 6. The standard InChI is InChI=1S/C26H26ClNO5/c1-15-22(26(31)33-12-11-16-7-4-3-5-8-16)23(24-19(28-15)9-6-10-20(24)29)17-13-18(27)25(30)21(14-17)32-2/h3-5,7-8,13-14,22-23,30H,6,9-12H2,1-2H3. The molecule has 0 fully saturated rings. The van der Waals surface area contributed by atoms with Crippen molar-refractivity contribution in [2.24, 2.45) is 10.9 Å². The van der Waals surface area contributed by atoms with Crippen LogP contribution < -0.4 is 4.74 Å². The van der Waals surface area contributed by atoms with Gasteiger partial charge in [0.15, 0.2) is 17.3 Å². The highest BCUT2D eigenvalue weighted by Crippen LogP contribution is 2.46. The number of benzene rings is 2. The molecule has 33 heavy (non-hydrogen) atoms. The van der Waals surface area contributed by atoms with Crippen LogP contribution in [0, 0.1) is 5.92 Å². The Morgan fingerprint density at radius 3 is 2.70 bits per heavy atom. The number of carbonyl (C=O) groups is 2. The van der Waals surface area contributed by atoms with Gasteiger partial charge < -0.3 is 14.6 Å². The Morgan fingerprint density at radius 1 is 1.21 bits per heavy atom. The first-order chi connectivity index (χ1) is 15.9. The van der Waals surface area contributed by atoms with Crippen molar-refractivity contribution in [3.63, 3.8) is 0 Å². The summed E-state index contributed by atoms with van der Waals surface area (Å²) in [7, 11) is 1.43. The third-order valence-electron chi connectivity index (χ3n) is 6.20. The maximum atomic E-state index is 13.3. The van der Waals surface area contributed by atoms with Crippen LogP contribution in [0.4, 0.5) is 0 Å². The molecule has 0 spiro atoms. The zero-order valence-corrected chi connectivity index (χ0v) is 19.4. The van der Waals surface area contributed by atoms with Crippen LogP contribution in [0.2, 0.25) is 5.02 Å². The second-order valence-corrected chi connectivity index (χ2v) is 8.71. The van der Waals surface area contributed by atoms with E-state index in [-0.39, 0.29) is 28.9 Å². The van der Waals surface area contributed by atoms with E-state index in [0.717, 1.165) is 12.0 Å². The number of phenolic OH excluding ortho intramolecular Hbond substituents is 1. The zero-order chi connectivity index (χ0) is 23.5. The number of hydrogen-bond donors (Lipinski definition) is 1. The van der Waals surface area contributed by atoms with Gasteiger partial charge in [0.25, 0.3) is 0 Å². The number of esters is 1. The molecule has 1 heterocycles. The Morgan fingerprint density at radius 2 is 1.97 bits per heavy atom. The first-order valence-electron chi connectivity index (χ1n) is 11.0. The third kappa shape index (κ3) is 4.67. The van der Waals surface area contributed by atoms with Gasteiger partial charge >= 0.3 is 5.97 Å². The van der Waals surface area contributed by atoms with Gasteiger partial charge in [0.1, 0.15) is 5.92 Å². The molecule has 0 amide bonds. The van der Waals surface area contributed by atoms with E-state index < -0.39 is 17.8 Å². The Hall–Kier alpha value is -3.12. The van der Waals surface area contributed by atoms with Gasteiger partial charge in [-0.1, -0.05) is 41.9 Å². The number of carbonyl (C=O) groups excluding carboxylic acids is 2. The number of phenols is 1. The van der Waals surface area contributed by atoms with Gasteiger partial charge in [0.2, 0.25) is 0 Å². The van der Waals surface area contributed by atoms with Crippen LogP contribution in [-0.2, 0) is 20.7 Å². The number of allylic oxidation sites excluding steroid dienone is 2. The van der Waals surface area contributed by atoms with Crippen molar-refractivity contribution in [3.05, 3.63) is 69.9 Å². The van der Waals surface area contributed by atoms with Gasteiger partial charge in [-0.3, -0.25) is 14.6 Å². The van der Waals surface area contributed by atoms with Crippen LogP contribution in [0.25, 0.3) is 0 Å². The Bertz CT molecular complexity index is 1140. The van der Waals surface area contributed by atoms with Crippen molar-refractivity contribution in [2.75, 3.05) is 13.7 Å². The molecule has 0 bridgehead atoms. The quantitative estimate of drug-likeness (QED) is 0.603. The van der Waals surface area contributed by atoms with E-state index in [1.807, 2.05) is 30.3 Å². The number of Topliss-reactive ketones (excluding diaryl/α,β-unsaturated/α-hetero) is 1. The van der Waals surface area contributed by atoms with Gasteiger partial charge in [-0.25, -0.2) is 0 Å². The molecule has 0 aromatic heterocycles. The summed E-state index contributed by atoms with van der Waals surface area (Å²) in [4.78, 5) is 31.0. The smallest absolute Gasteiger partial charge is 0.315 e. The number of halogens is 1.